The fourth-order valence-corrected chi connectivity index (χ4v) is 8.78. The number of hydrogen-bond donors (Lipinski definition) is 0. The minimum atomic E-state index is -4.59. The van der Waals surface area contributed by atoms with Crippen molar-refractivity contribution in [1.29, 1.82) is 0 Å². The first-order chi connectivity index (χ1) is 18.9. The van der Waals surface area contributed by atoms with E-state index in [1.54, 1.807) is 35.6 Å². The second-order valence-electron chi connectivity index (χ2n) is 11.4. The average Bonchev–Trinajstić information content (AvgIpc) is 3.07. The van der Waals surface area contributed by atoms with Crippen LogP contribution in [0.5, 0.6) is 0 Å². The van der Waals surface area contributed by atoms with E-state index < -0.39 is 56.3 Å². The average molecular weight is 635 g/mol. The van der Waals surface area contributed by atoms with Crippen molar-refractivity contribution in [3.8, 4) is 11.5 Å². The number of halogens is 6. The lowest BCUT2D eigenvalue weighted by Gasteiger charge is -2.33. The van der Waals surface area contributed by atoms with Crippen LogP contribution in [0.1, 0.15) is 66.9 Å². The van der Waals surface area contributed by atoms with Gasteiger partial charge < -0.3 is 4.52 Å². The zero-order valence-electron chi connectivity index (χ0n) is 24.1. The SMILES string of the molecule is CCCCCC(C#C[Si](C)(C)C)OP1(=S)N(C)[C@H](c2cccc(C(F)(F)F)c2)[C@@H](c2cccc(C(F)(F)F)c2)N1C. The van der Waals surface area contributed by atoms with Crippen LogP contribution in [0, 0.1) is 11.5 Å². The normalized spacial score (nSPS) is 21.0. The van der Waals surface area contributed by atoms with Crippen molar-refractivity contribution in [2.24, 2.45) is 0 Å². The quantitative estimate of drug-likeness (QED) is 0.0945. The van der Waals surface area contributed by atoms with Gasteiger partial charge in [-0.25, -0.2) is 9.34 Å². The zero-order valence-corrected chi connectivity index (χ0v) is 26.8. The predicted octanol–water partition coefficient (Wildman–Crippen LogP) is 9.45. The van der Waals surface area contributed by atoms with Crippen molar-refractivity contribution in [2.75, 3.05) is 14.1 Å². The van der Waals surface area contributed by atoms with Crippen molar-refractivity contribution in [3.63, 3.8) is 0 Å². The van der Waals surface area contributed by atoms with Crippen molar-refractivity contribution in [2.45, 2.75) is 82.8 Å². The molecule has 3 atom stereocenters. The maximum atomic E-state index is 13.7. The Labute approximate surface area is 245 Å². The summed E-state index contributed by atoms with van der Waals surface area (Å²) in [5, 5.41) is 0. The van der Waals surface area contributed by atoms with E-state index in [0.29, 0.717) is 17.5 Å². The summed E-state index contributed by atoms with van der Waals surface area (Å²) in [6.45, 7) is 5.28. The van der Waals surface area contributed by atoms with E-state index in [1.807, 2.05) is 0 Å². The van der Waals surface area contributed by atoms with Gasteiger partial charge >= 0.3 is 12.4 Å². The molecule has 12 heteroatoms. The largest absolute Gasteiger partial charge is 0.416 e. The third kappa shape index (κ3) is 8.24. The predicted molar refractivity (Wildman–Crippen MR) is 158 cm³/mol. The highest BCUT2D eigenvalue weighted by Crippen LogP contribution is 2.69. The maximum Gasteiger partial charge on any atom is 0.416 e. The Morgan fingerprint density at radius 1 is 0.878 bits per heavy atom. The molecule has 0 aromatic heterocycles. The summed E-state index contributed by atoms with van der Waals surface area (Å²) in [6.07, 6.45) is -6.21. The second kappa shape index (κ2) is 12.9. The maximum absolute atomic E-state index is 13.7. The molecule has 3 nitrogen and oxygen atoms in total. The van der Waals surface area contributed by atoms with E-state index in [-0.39, 0.29) is 0 Å². The molecule has 1 heterocycles. The highest BCUT2D eigenvalue weighted by Gasteiger charge is 2.52. The molecule has 2 aromatic rings. The molecular weight excluding hydrogens is 597 g/mol. The molecule has 3 rings (SSSR count). The lowest BCUT2D eigenvalue weighted by atomic mass is 9.91. The van der Waals surface area contributed by atoms with Gasteiger partial charge in [-0.15, -0.1) is 5.54 Å². The van der Waals surface area contributed by atoms with E-state index in [9.17, 15) is 26.3 Å². The van der Waals surface area contributed by atoms with Crippen LogP contribution in [0.3, 0.4) is 0 Å². The highest BCUT2D eigenvalue weighted by molar-refractivity contribution is 8.10. The number of likely N-dealkylation sites (N-methyl/N-ethyl adjacent to an activating group) is 2. The first-order valence-corrected chi connectivity index (χ1v) is 19.6. The summed E-state index contributed by atoms with van der Waals surface area (Å²) in [5.41, 5.74) is 2.26. The van der Waals surface area contributed by atoms with Crippen molar-refractivity contribution >= 4 is 26.4 Å². The van der Waals surface area contributed by atoms with Crippen LogP contribution in [0.25, 0.3) is 0 Å². The lowest BCUT2D eigenvalue weighted by Crippen LogP contribution is -2.23. The summed E-state index contributed by atoms with van der Waals surface area (Å²) in [7, 11) is 1.61. The van der Waals surface area contributed by atoms with Crippen LogP contribution < -0.4 is 0 Å². The molecule has 0 N–H and O–H groups in total. The first-order valence-electron chi connectivity index (χ1n) is 13.5. The Morgan fingerprint density at radius 2 is 1.34 bits per heavy atom. The van der Waals surface area contributed by atoms with Crippen LogP contribution in [0.15, 0.2) is 48.5 Å². The van der Waals surface area contributed by atoms with Crippen LogP contribution in [-0.2, 0) is 28.7 Å². The fourth-order valence-electron chi connectivity index (χ4n) is 4.88. The van der Waals surface area contributed by atoms with Gasteiger partial charge in [0.2, 0.25) is 6.57 Å². The molecule has 0 spiro atoms. The monoisotopic (exact) mass is 634 g/mol. The molecule has 1 fully saturated rings. The van der Waals surface area contributed by atoms with E-state index in [1.165, 1.54) is 12.1 Å². The third-order valence-corrected chi connectivity index (χ3v) is 12.3. The van der Waals surface area contributed by atoms with E-state index in [2.05, 4.69) is 38.0 Å². The second-order valence-corrected chi connectivity index (χ2v) is 20.0. The van der Waals surface area contributed by atoms with Gasteiger partial charge in [0.05, 0.1) is 23.2 Å². The van der Waals surface area contributed by atoms with Crippen LogP contribution in [0.4, 0.5) is 26.3 Å². The van der Waals surface area contributed by atoms with Gasteiger partial charge in [0, 0.05) is 0 Å². The number of rotatable bonds is 8. The Bertz CT molecular complexity index is 1240. The molecule has 1 saturated heterocycles. The van der Waals surface area contributed by atoms with E-state index in [0.717, 1.165) is 43.5 Å². The summed E-state index contributed by atoms with van der Waals surface area (Å²) in [5.74, 6) is 3.28. The lowest BCUT2D eigenvalue weighted by molar-refractivity contribution is -0.138. The highest BCUT2D eigenvalue weighted by atomic mass is 32.5. The Hall–Kier alpha value is -1.67. The minimum absolute atomic E-state index is 0.294. The summed E-state index contributed by atoms with van der Waals surface area (Å²) in [6, 6.07) is 8.19. The molecule has 0 bridgehead atoms. The Kier molecular flexibility index (Phi) is 10.6. The number of nitrogens with zero attached hydrogens (tertiary/aromatic N) is 2. The Morgan fingerprint density at radius 3 is 1.73 bits per heavy atom. The molecule has 1 unspecified atom stereocenters. The topological polar surface area (TPSA) is 15.7 Å². The summed E-state index contributed by atoms with van der Waals surface area (Å²) in [4.78, 5) is 0. The van der Waals surface area contributed by atoms with Crippen molar-refractivity contribution < 1.29 is 30.9 Å². The van der Waals surface area contributed by atoms with Crippen LogP contribution in [0.2, 0.25) is 19.6 Å². The smallest absolute Gasteiger partial charge is 0.310 e. The number of alkyl halides is 6. The van der Waals surface area contributed by atoms with Gasteiger partial charge in [0.25, 0.3) is 0 Å². The van der Waals surface area contributed by atoms with Gasteiger partial charge in [0.1, 0.15) is 14.2 Å². The molecule has 1 aliphatic heterocycles. The van der Waals surface area contributed by atoms with Gasteiger partial charge in [0.15, 0.2) is 0 Å². The molecule has 2 aromatic carbocycles. The van der Waals surface area contributed by atoms with E-state index >= 15 is 0 Å². The van der Waals surface area contributed by atoms with Gasteiger partial charge in [-0.3, -0.25) is 0 Å². The summed E-state index contributed by atoms with van der Waals surface area (Å²) < 4.78 is 92.2. The Balaban J connectivity index is 2.16. The molecule has 41 heavy (non-hydrogen) atoms. The number of benzene rings is 2. The number of unbranched alkanes of at least 4 members (excludes halogenated alkanes) is 2. The molecule has 0 saturated carbocycles. The molecule has 0 aliphatic carbocycles. The standard InChI is InChI=1S/C29H37F6N2OPSSi/c1-7-8-9-16-25(17-18-41(4,5)6)38-39(40)36(2)26(21-12-10-14-23(19-21)28(30,31)32)27(37(39)3)22-13-11-15-24(20-22)29(33,34)35/h10-15,19-20,25-27H,7-9,16H2,1-6H3/t25?,26-,27-/m1/s1. The van der Waals surface area contributed by atoms with E-state index in [4.69, 9.17) is 16.3 Å². The zero-order chi connectivity index (χ0) is 30.8. The first kappa shape index (κ1) is 33.8. The van der Waals surface area contributed by atoms with Crippen molar-refractivity contribution in [3.05, 3.63) is 70.8 Å². The van der Waals surface area contributed by atoms with Crippen LogP contribution in [-0.4, -0.2) is 37.6 Å². The molecular formula is C29H37F6N2OPSSi. The number of hydrogen-bond acceptors (Lipinski definition) is 2. The van der Waals surface area contributed by atoms with Crippen LogP contribution >= 0.6 is 6.57 Å². The van der Waals surface area contributed by atoms with Gasteiger partial charge in [-0.1, -0.05) is 69.6 Å². The van der Waals surface area contributed by atoms with Gasteiger partial charge in [-0.2, -0.15) is 26.3 Å². The molecule has 226 valence electrons. The molecule has 0 amide bonds. The molecule has 1 aliphatic rings. The fraction of sp³-hybridized carbons (Fsp3) is 0.517. The van der Waals surface area contributed by atoms with Gasteiger partial charge in [-0.05, 0) is 74.1 Å². The summed E-state index contributed by atoms with van der Waals surface area (Å²) >= 11 is 6.18. The molecule has 0 radical (unpaired) electrons. The van der Waals surface area contributed by atoms with Crippen molar-refractivity contribution in [1.82, 2.24) is 9.34 Å². The minimum Gasteiger partial charge on any atom is -0.310 e. The third-order valence-electron chi connectivity index (χ3n) is 6.96.